The summed E-state index contributed by atoms with van der Waals surface area (Å²) in [5.74, 6) is 0. The number of rotatable bonds is 1. The van der Waals surface area contributed by atoms with Crippen LogP contribution in [0.4, 0.5) is 0 Å². The molecule has 1 heterocycles. The van der Waals surface area contributed by atoms with Gasteiger partial charge in [0.05, 0.1) is 17.4 Å². The molecule has 0 aromatic carbocycles. The van der Waals surface area contributed by atoms with Gasteiger partial charge in [0.15, 0.2) is 0 Å². The number of aromatic nitrogens is 3. The van der Waals surface area contributed by atoms with Crippen molar-refractivity contribution in [3.05, 3.63) is 11.4 Å². The van der Waals surface area contributed by atoms with Crippen molar-refractivity contribution in [3.63, 3.8) is 0 Å². The van der Waals surface area contributed by atoms with E-state index in [9.17, 15) is 0 Å². The van der Waals surface area contributed by atoms with Gasteiger partial charge in [-0.05, 0) is 26.7 Å². The van der Waals surface area contributed by atoms with Gasteiger partial charge in [0.25, 0.3) is 0 Å². The van der Waals surface area contributed by atoms with Crippen molar-refractivity contribution in [2.45, 2.75) is 45.2 Å². The van der Waals surface area contributed by atoms with Crippen LogP contribution in [0.1, 0.15) is 37.7 Å². The maximum absolute atomic E-state index is 5.86. The van der Waals surface area contributed by atoms with Crippen molar-refractivity contribution >= 4 is 0 Å². The third-order valence-corrected chi connectivity index (χ3v) is 2.45. The summed E-state index contributed by atoms with van der Waals surface area (Å²) in [5, 5.41) is 8.86. The number of hydrogen-bond acceptors (Lipinski definition) is 3. The second kappa shape index (κ2) is 3.10. The zero-order valence-electron chi connectivity index (χ0n) is 8.20. The van der Waals surface area contributed by atoms with Gasteiger partial charge in [-0.3, -0.25) is 0 Å². The van der Waals surface area contributed by atoms with Crippen LogP contribution in [0.25, 0.3) is 0 Å². The minimum Gasteiger partial charge on any atom is -0.327 e. The molecule has 0 spiro atoms. The Morgan fingerprint density at radius 1 is 1.38 bits per heavy atom. The monoisotopic (exact) mass is 180 g/mol. The first-order chi connectivity index (χ1) is 6.16. The van der Waals surface area contributed by atoms with Crippen molar-refractivity contribution in [2.75, 3.05) is 0 Å². The average molecular weight is 180 g/mol. The topological polar surface area (TPSA) is 56.7 Å². The lowest BCUT2D eigenvalue weighted by Crippen LogP contribution is -2.27. The number of fused-ring (bicyclic) bond motifs is 1. The fourth-order valence-corrected chi connectivity index (χ4v) is 1.64. The maximum Gasteiger partial charge on any atom is 0.0874 e. The highest BCUT2D eigenvalue weighted by atomic mass is 15.5. The Labute approximate surface area is 78.1 Å². The van der Waals surface area contributed by atoms with E-state index in [0.717, 1.165) is 30.7 Å². The van der Waals surface area contributed by atoms with E-state index < -0.39 is 0 Å². The fraction of sp³-hybridized carbons (Fsp3) is 0.778. The Morgan fingerprint density at radius 3 is 2.77 bits per heavy atom. The molecule has 72 valence electrons. The SMILES string of the molecule is CC(C)n1nc2c(n1)CC(N)CC2. The maximum atomic E-state index is 5.86. The first-order valence-electron chi connectivity index (χ1n) is 4.87. The molecule has 0 amide bonds. The van der Waals surface area contributed by atoms with Crippen LogP contribution in [0.5, 0.6) is 0 Å². The molecule has 0 radical (unpaired) electrons. The summed E-state index contributed by atoms with van der Waals surface area (Å²) in [4.78, 5) is 1.79. The zero-order valence-corrected chi connectivity index (χ0v) is 8.20. The third-order valence-electron chi connectivity index (χ3n) is 2.45. The molecular formula is C9H16N4. The van der Waals surface area contributed by atoms with Crippen LogP contribution in [0, 0.1) is 0 Å². The summed E-state index contributed by atoms with van der Waals surface area (Å²) >= 11 is 0. The number of aryl methyl sites for hydroxylation is 1. The highest BCUT2D eigenvalue weighted by Crippen LogP contribution is 2.17. The zero-order chi connectivity index (χ0) is 9.42. The highest BCUT2D eigenvalue weighted by molar-refractivity contribution is 5.14. The molecule has 2 N–H and O–H groups in total. The lowest BCUT2D eigenvalue weighted by atomic mass is 9.97. The average Bonchev–Trinajstić information content (AvgIpc) is 2.46. The van der Waals surface area contributed by atoms with Crippen LogP contribution in [0.3, 0.4) is 0 Å². The number of hydrogen-bond donors (Lipinski definition) is 1. The van der Waals surface area contributed by atoms with E-state index in [-0.39, 0.29) is 6.04 Å². The van der Waals surface area contributed by atoms with E-state index in [2.05, 4.69) is 24.0 Å². The summed E-state index contributed by atoms with van der Waals surface area (Å²) in [5.41, 5.74) is 8.11. The molecule has 1 atom stereocenters. The summed E-state index contributed by atoms with van der Waals surface area (Å²) < 4.78 is 0. The van der Waals surface area contributed by atoms with Crippen LogP contribution >= 0.6 is 0 Å². The van der Waals surface area contributed by atoms with Gasteiger partial charge < -0.3 is 5.73 Å². The van der Waals surface area contributed by atoms with Crippen LogP contribution in [-0.4, -0.2) is 21.0 Å². The fourth-order valence-electron chi connectivity index (χ4n) is 1.64. The molecule has 0 fully saturated rings. The summed E-state index contributed by atoms with van der Waals surface area (Å²) in [6.45, 7) is 4.18. The van der Waals surface area contributed by atoms with Crippen LogP contribution in [0.15, 0.2) is 0 Å². The first-order valence-corrected chi connectivity index (χ1v) is 4.87. The number of nitrogens with two attached hydrogens (primary N) is 1. The molecule has 4 nitrogen and oxygen atoms in total. The predicted molar refractivity (Wildman–Crippen MR) is 50.4 cm³/mol. The van der Waals surface area contributed by atoms with E-state index in [1.807, 2.05) is 0 Å². The van der Waals surface area contributed by atoms with Crippen LogP contribution < -0.4 is 5.73 Å². The molecule has 2 rings (SSSR count). The van der Waals surface area contributed by atoms with Crippen molar-refractivity contribution < 1.29 is 0 Å². The van der Waals surface area contributed by atoms with Crippen LogP contribution in [0.2, 0.25) is 0 Å². The molecule has 1 aliphatic carbocycles. The highest BCUT2D eigenvalue weighted by Gasteiger charge is 2.20. The van der Waals surface area contributed by atoms with Gasteiger partial charge in [0.2, 0.25) is 0 Å². The Kier molecular flexibility index (Phi) is 2.07. The molecule has 4 heteroatoms. The number of nitrogens with zero attached hydrogens (tertiary/aromatic N) is 3. The van der Waals surface area contributed by atoms with Crippen molar-refractivity contribution in [3.8, 4) is 0 Å². The Balaban J connectivity index is 2.28. The lowest BCUT2D eigenvalue weighted by Gasteiger charge is -2.14. The predicted octanol–water partition coefficient (Wildman–Crippen LogP) is 0.675. The quantitative estimate of drug-likeness (QED) is 0.691. The van der Waals surface area contributed by atoms with Crippen LogP contribution in [-0.2, 0) is 12.8 Å². The summed E-state index contributed by atoms with van der Waals surface area (Å²) in [6, 6.07) is 0.631. The second-order valence-corrected chi connectivity index (χ2v) is 4.01. The van der Waals surface area contributed by atoms with Crippen molar-refractivity contribution in [1.82, 2.24) is 15.0 Å². The van der Waals surface area contributed by atoms with E-state index in [1.165, 1.54) is 0 Å². The van der Waals surface area contributed by atoms with E-state index in [1.54, 1.807) is 4.80 Å². The third kappa shape index (κ3) is 1.58. The first kappa shape index (κ1) is 8.69. The van der Waals surface area contributed by atoms with Crippen molar-refractivity contribution in [2.24, 2.45) is 5.73 Å². The van der Waals surface area contributed by atoms with Gasteiger partial charge in [-0.25, -0.2) is 0 Å². The van der Waals surface area contributed by atoms with E-state index >= 15 is 0 Å². The molecular weight excluding hydrogens is 164 g/mol. The minimum atomic E-state index is 0.282. The Morgan fingerprint density at radius 2 is 2.08 bits per heavy atom. The van der Waals surface area contributed by atoms with E-state index in [0.29, 0.717) is 6.04 Å². The van der Waals surface area contributed by atoms with E-state index in [4.69, 9.17) is 5.73 Å². The largest absolute Gasteiger partial charge is 0.327 e. The normalized spacial score (nSPS) is 22.0. The Bertz CT molecular complexity index is 303. The van der Waals surface area contributed by atoms with Gasteiger partial charge in [-0.15, -0.1) is 0 Å². The minimum absolute atomic E-state index is 0.282. The van der Waals surface area contributed by atoms with Gasteiger partial charge in [0, 0.05) is 12.5 Å². The Hall–Kier alpha value is -0.900. The summed E-state index contributed by atoms with van der Waals surface area (Å²) in [7, 11) is 0. The second-order valence-electron chi connectivity index (χ2n) is 4.01. The molecule has 13 heavy (non-hydrogen) atoms. The molecule has 1 aromatic rings. The molecule has 1 aliphatic rings. The molecule has 1 unspecified atom stereocenters. The van der Waals surface area contributed by atoms with Gasteiger partial charge in [-0.2, -0.15) is 15.0 Å². The van der Waals surface area contributed by atoms with Gasteiger partial charge >= 0.3 is 0 Å². The molecule has 0 saturated carbocycles. The molecule has 0 aliphatic heterocycles. The molecule has 1 aromatic heterocycles. The smallest absolute Gasteiger partial charge is 0.0874 e. The standard InChI is InChI=1S/C9H16N4/c1-6(2)13-11-8-4-3-7(10)5-9(8)12-13/h6-7H,3-5,10H2,1-2H3. The summed E-state index contributed by atoms with van der Waals surface area (Å²) in [6.07, 6.45) is 2.93. The molecule has 0 saturated heterocycles. The lowest BCUT2D eigenvalue weighted by molar-refractivity contribution is 0.461. The molecule has 0 bridgehead atoms. The van der Waals surface area contributed by atoms with Crippen molar-refractivity contribution in [1.29, 1.82) is 0 Å². The van der Waals surface area contributed by atoms with Gasteiger partial charge in [0.1, 0.15) is 0 Å². The van der Waals surface area contributed by atoms with Gasteiger partial charge in [-0.1, -0.05) is 0 Å².